The Morgan fingerprint density at radius 1 is 1.35 bits per heavy atom. The standard InChI is InChI=1S/C19H26F3N3O6/c1-16(2,3)18-12(8-26)28-9-10(13(18)30-17(4,5)31-18)29-15(27)25-14-23-7-6-11(24-14)19(20,21)22/h6-7,10,12-13,26H,8-9H2,1-5H3,(H,23,24,25,27)/t10-,12+,13+,18+/m0/s1. The van der Waals surface area contributed by atoms with Crippen LogP contribution in [0.1, 0.15) is 40.3 Å². The first-order valence-corrected chi connectivity index (χ1v) is 9.68. The summed E-state index contributed by atoms with van der Waals surface area (Å²) in [5, 5.41) is 12.0. The molecule has 1 amide bonds. The Morgan fingerprint density at radius 3 is 2.61 bits per heavy atom. The van der Waals surface area contributed by atoms with Crippen LogP contribution in [0.4, 0.5) is 23.9 Å². The number of aliphatic hydroxyl groups excluding tert-OH is 1. The fourth-order valence-corrected chi connectivity index (χ4v) is 4.09. The SMILES string of the molecule is CC1(C)O[C@@H]2[C@@H](OC(=O)Nc3nccc(C(F)(F)F)n3)CO[C@H](CO)[C@@]2(C(C)(C)C)O1. The minimum atomic E-state index is -4.69. The van der Waals surface area contributed by atoms with Crippen molar-refractivity contribution < 1.29 is 42.0 Å². The summed E-state index contributed by atoms with van der Waals surface area (Å²) in [7, 11) is 0. The van der Waals surface area contributed by atoms with E-state index >= 15 is 0 Å². The van der Waals surface area contributed by atoms with Gasteiger partial charge >= 0.3 is 12.3 Å². The Balaban J connectivity index is 1.81. The molecule has 2 aliphatic rings. The lowest BCUT2D eigenvalue weighted by Crippen LogP contribution is -2.68. The normalized spacial score (nSPS) is 30.5. The summed E-state index contributed by atoms with van der Waals surface area (Å²) in [6.07, 6.45) is -7.40. The Morgan fingerprint density at radius 2 is 2.03 bits per heavy atom. The van der Waals surface area contributed by atoms with Crippen molar-refractivity contribution in [3.05, 3.63) is 18.0 Å². The van der Waals surface area contributed by atoms with Gasteiger partial charge in [0.25, 0.3) is 0 Å². The van der Waals surface area contributed by atoms with Crippen LogP contribution in [0.3, 0.4) is 0 Å². The molecule has 12 heteroatoms. The smallest absolute Gasteiger partial charge is 0.433 e. The second-order valence-corrected chi connectivity index (χ2v) is 8.92. The number of hydrogen-bond donors (Lipinski definition) is 2. The van der Waals surface area contributed by atoms with E-state index in [0.29, 0.717) is 6.07 Å². The number of fused-ring (bicyclic) bond motifs is 1. The number of nitrogens with one attached hydrogen (secondary N) is 1. The topological polar surface area (TPSA) is 112 Å². The molecular formula is C19H26F3N3O6. The molecule has 2 aliphatic heterocycles. The van der Waals surface area contributed by atoms with Gasteiger partial charge in [-0.3, -0.25) is 5.32 Å². The zero-order chi connectivity index (χ0) is 23.2. The van der Waals surface area contributed by atoms with Crippen LogP contribution in [-0.2, 0) is 25.1 Å². The summed E-state index contributed by atoms with van der Waals surface area (Å²) in [5.74, 6) is -1.61. The number of hydrogen-bond acceptors (Lipinski definition) is 8. The van der Waals surface area contributed by atoms with E-state index in [1.807, 2.05) is 20.8 Å². The highest BCUT2D eigenvalue weighted by molar-refractivity contribution is 5.82. The van der Waals surface area contributed by atoms with Gasteiger partial charge in [0.1, 0.15) is 23.5 Å². The van der Waals surface area contributed by atoms with Gasteiger partial charge in [-0.2, -0.15) is 13.2 Å². The molecule has 9 nitrogen and oxygen atoms in total. The minimum absolute atomic E-state index is 0.107. The van der Waals surface area contributed by atoms with E-state index in [1.165, 1.54) is 0 Å². The molecule has 1 aromatic rings. The van der Waals surface area contributed by atoms with E-state index in [1.54, 1.807) is 13.8 Å². The number of carbonyl (C=O) groups is 1. The van der Waals surface area contributed by atoms with Crippen molar-refractivity contribution in [3.8, 4) is 0 Å². The summed E-state index contributed by atoms with van der Waals surface area (Å²) >= 11 is 0. The number of rotatable bonds is 3. The first-order valence-electron chi connectivity index (χ1n) is 9.68. The number of halogens is 3. The second-order valence-electron chi connectivity index (χ2n) is 8.92. The molecule has 0 spiro atoms. The molecule has 3 rings (SSSR count). The predicted molar refractivity (Wildman–Crippen MR) is 100.0 cm³/mol. The van der Waals surface area contributed by atoms with Crippen molar-refractivity contribution in [1.29, 1.82) is 0 Å². The molecule has 2 saturated heterocycles. The predicted octanol–water partition coefficient (Wildman–Crippen LogP) is 2.74. The van der Waals surface area contributed by atoms with E-state index in [4.69, 9.17) is 18.9 Å². The van der Waals surface area contributed by atoms with E-state index in [2.05, 4.69) is 15.3 Å². The van der Waals surface area contributed by atoms with Gasteiger partial charge < -0.3 is 24.1 Å². The van der Waals surface area contributed by atoms with Crippen molar-refractivity contribution in [2.75, 3.05) is 18.5 Å². The lowest BCUT2D eigenvalue weighted by molar-refractivity contribution is -0.253. The van der Waals surface area contributed by atoms with Gasteiger partial charge in [0.05, 0.1) is 13.2 Å². The molecule has 2 N–H and O–H groups in total. The number of alkyl halides is 3. The largest absolute Gasteiger partial charge is 0.441 e. The second kappa shape index (κ2) is 7.84. The molecule has 1 aromatic heterocycles. The molecule has 0 unspecified atom stereocenters. The summed E-state index contributed by atoms with van der Waals surface area (Å²) in [4.78, 5) is 19.3. The quantitative estimate of drug-likeness (QED) is 0.725. The van der Waals surface area contributed by atoms with Gasteiger partial charge in [0, 0.05) is 6.20 Å². The molecule has 3 heterocycles. The van der Waals surface area contributed by atoms with Crippen LogP contribution in [0, 0.1) is 5.41 Å². The van der Waals surface area contributed by atoms with E-state index in [-0.39, 0.29) is 13.2 Å². The van der Waals surface area contributed by atoms with Crippen LogP contribution < -0.4 is 5.32 Å². The van der Waals surface area contributed by atoms with Crippen LogP contribution in [0.5, 0.6) is 0 Å². The lowest BCUT2D eigenvalue weighted by atomic mass is 9.67. The lowest BCUT2D eigenvalue weighted by Gasteiger charge is -2.52. The van der Waals surface area contributed by atoms with Gasteiger partial charge in [-0.1, -0.05) is 20.8 Å². The highest BCUT2D eigenvalue weighted by Crippen LogP contribution is 2.53. The summed E-state index contributed by atoms with van der Waals surface area (Å²) in [6, 6.07) is 0.685. The molecule has 4 atom stereocenters. The first-order chi connectivity index (χ1) is 14.2. The number of nitrogens with zero attached hydrogens (tertiary/aromatic N) is 2. The van der Waals surface area contributed by atoms with Crippen molar-refractivity contribution in [3.63, 3.8) is 0 Å². The summed E-state index contributed by atoms with van der Waals surface area (Å²) in [5.41, 5.74) is -2.95. The highest BCUT2D eigenvalue weighted by Gasteiger charge is 2.68. The molecule has 31 heavy (non-hydrogen) atoms. The minimum Gasteiger partial charge on any atom is -0.441 e. The van der Waals surface area contributed by atoms with Crippen LogP contribution in [0.2, 0.25) is 0 Å². The van der Waals surface area contributed by atoms with E-state index < -0.39 is 59.0 Å². The summed E-state index contributed by atoms with van der Waals surface area (Å²) < 4.78 is 61.9. The maximum atomic E-state index is 12.8. The molecule has 0 aromatic carbocycles. The number of aromatic nitrogens is 2. The van der Waals surface area contributed by atoms with Crippen LogP contribution in [0.15, 0.2) is 12.3 Å². The van der Waals surface area contributed by atoms with Gasteiger partial charge in [0.15, 0.2) is 11.9 Å². The van der Waals surface area contributed by atoms with E-state index in [9.17, 15) is 23.1 Å². The number of amides is 1. The number of carbonyl (C=O) groups excluding carboxylic acids is 1. The van der Waals surface area contributed by atoms with Gasteiger partial charge in [-0.25, -0.2) is 14.8 Å². The van der Waals surface area contributed by atoms with Crippen molar-refractivity contribution in [1.82, 2.24) is 9.97 Å². The van der Waals surface area contributed by atoms with Gasteiger partial charge in [-0.05, 0) is 25.3 Å². The Kier molecular flexibility index (Phi) is 5.98. The Bertz CT molecular complexity index is 829. The fraction of sp³-hybridized carbons (Fsp3) is 0.737. The van der Waals surface area contributed by atoms with Crippen molar-refractivity contribution in [2.24, 2.45) is 5.41 Å². The van der Waals surface area contributed by atoms with Gasteiger partial charge in [0.2, 0.25) is 5.95 Å². The maximum absolute atomic E-state index is 12.8. The van der Waals surface area contributed by atoms with Gasteiger partial charge in [-0.15, -0.1) is 0 Å². The fourth-order valence-electron chi connectivity index (χ4n) is 4.09. The third-order valence-electron chi connectivity index (χ3n) is 5.28. The molecule has 174 valence electrons. The molecule has 0 aliphatic carbocycles. The third kappa shape index (κ3) is 4.47. The first kappa shape index (κ1) is 23.6. The van der Waals surface area contributed by atoms with Crippen LogP contribution in [-0.4, -0.2) is 64.1 Å². The Labute approximate surface area is 177 Å². The van der Waals surface area contributed by atoms with Crippen molar-refractivity contribution in [2.45, 2.75) is 70.5 Å². The number of anilines is 1. The molecule has 2 fully saturated rings. The third-order valence-corrected chi connectivity index (χ3v) is 5.28. The molecular weight excluding hydrogens is 423 g/mol. The molecule has 0 saturated carbocycles. The number of aliphatic hydroxyl groups is 1. The monoisotopic (exact) mass is 449 g/mol. The number of ether oxygens (including phenoxy) is 4. The summed E-state index contributed by atoms with van der Waals surface area (Å²) in [6.45, 7) is 8.59. The highest BCUT2D eigenvalue weighted by atomic mass is 19.4. The van der Waals surface area contributed by atoms with Crippen LogP contribution in [0.25, 0.3) is 0 Å². The average molecular weight is 449 g/mol. The zero-order valence-corrected chi connectivity index (χ0v) is 17.8. The van der Waals surface area contributed by atoms with Crippen LogP contribution >= 0.6 is 0 Å². The maximum Gasteiger partial charge on any atom is 0.433 e. The van der Waals surface area contributed by atoms with Crippen molar-refractivity contribution >= 4 is 12.0 Å². The van der Waals surface area contributed by atoms with E-state index in [0.717, 1.165) is 6.20 Å². The molecule has 0 radical (unpaired) electrons. The molecule has 0 bridgehead atoms. The zero-order valence-electron chi connectivity index (χ0n) is 17.8. The Hall–Kier alpha value is -2.02. The average Bonchev–Trinajstić information content (AvgIpc) is 2.94.